The van der Waals surface area contributed by atoms with Gasteiger partial charge >= 0.3 is 0 Å². The molecule has 1 aliphatic heterocycles. The highest BCUT2D eigenvalue weighted by Gasteiger charge is 2.13. The molecule has 1 aromatic carbocycles. The minimum atomic E-state index is -0.0343. The Balaban J connectivity index is 1.73. The molecule has 0 aliphatic carbocycles. The van der Waals surface area contributed by atoms with Crippen LogP contribution in [0.4, 0.5) is 0 Å². The van der Waals surface area contributed by atoms with Crippen LogP contribution in [0.1, 0.15) is 31.7 Å². The van der Waals surface area contributed by atoms with E-state index >= 15 is 0 Å². The molecule has 1 fully saturated rings. The number of halogens is 1. The van der Waals surface area contributed by atoms with Crippen LogP contribution in [0.5, 0.6) is 5.75 Å². The average molecular weight is 329 g/mol. The van der Waals surface area contributed by atoms with Crippen molar-refractivity contribution in [1.82, 2.24) is 0 Å². The maximum atomic E-state index is 5.77. The van der Waals surface area contributed by atoms with E-state index in [0.29, 0.717) is 13.2 Å². The maximum absolute atomic E-state index is 5.77. The number of rotatable bonds is 6. The zero-order valence-corrected chi connectivity index (χ0v) is 12.9. The summed E-state index contributed by atoms with van der Waals surface area (Å²) in [5, 5.41) is 0. The summed E-state index contributed by atoms with van der Waals surface area (Å²) in [6.07, 6.45) is 4.26. The van der Waals surface area contributed by atoms with Crippen LogP contribution < -0.4 is 4.74 Å². The first-order valence-electron chi connectivity index (χ1n) is 6.94. The fraction of sp³-hybridized carbons (Fsp3) is 0.600. The Bertz CT molecular complexity index is 389. The van der Waals surface area contributed by atoms with E-state index in [2.05, 4.69) is 28.9 Å². The second-order valence-corrected chi connectivity index (χ2v) is 5.54. The lowest BCUT2D eigenvalue weighted by Gasteiger charge is -2.22. The van der Waals surface area contributed by atoms with Gasteiger partial charge in [-0.15, -0.1) is 0 Å². The molecule has 1 unspecified atom stereocenters. The Morgan fingerprint density at radius 2 is 2.21 bits per heavy atom. The SMILES string of the molecule is CCc1cc(Br)ccc1OCCOC1CCCCO1. The van der Waals surface area contributed by atoms with Gasteiger partial charge in [-0.2, -0.15) is 0 Å². The first-order chi connectivity index (χ1) is 9.29. The third kappa shape index (κ3) is 4.79. The lowest BCUT2D eigenvalue weighted by atomic mass is 10.1. The van der Waals surface area contributed by atoms with Crippen molar-refractivity contribution in [3.8, 4) is 5.75 Å². The summed E-state index contributed by atoms with van der Waals surface area (Å²) in [4.78, 5) is 0. The van der Waals surface area contributed by atoms with Gasteiger partial charge in [-0.25, -0.2) is 0 Å². The largest absolute Gasteiger partial charge is 0.491 e. The second kappa shape index (κ2) is 7.88. The molecule has 3 nitrogen and oxygen atoms in total. The van der Waals surface area contributed by atoms with Gasteiger partial charge in [-0.3, -0.25) is 0 Å². The van der Waals surface area contributed by atoms with Crippen LogP contribution in [0.2, 0.25) is 0 Å². The minimum Gasteiger partial charge on any atom is -0.491 e. The van der Waals surface area contributed by atoms with E-state index in [-0.39, 0.29) is 6.29 Å². The molecule has 0 radical (unpaired) electrons. The summed E-state index contributed by atoms with van der Waals surface area (Å²) in [7, 11) is 0. The number of benzene rings is 1. The van der Waals surface area contributed by atoms with Crippen molar-refractivity contribution in [2.75, 3.05) is 19.8 Å². The Kier molecular flexibility index (Phi) is 6.14. The van der Waals surface area contributed by atoms with E-state index in [1.807, 2.05) is 12.1 Å². The third-order valence-corrected chi connectivity index (χ3v) is 3.68. The second-order valence-electron chi connectivity index (χ2n) is 4.62. The van der Waals surface area contributed by atoms with Crippen LogP contribution >= 0.6 is 15.9 Å². The van der Waals surface area contributed by atoms with Crippen molar-refractivity contribution in [3.63, 3.8) is 0 Å². The zero-order chi connectivity index (χ0) is 13.5. The Labute approximate surface area is 123 Å². The summed E-state index contributed by atoms with van der Waals surface area (Å²) in [5.74, 6) is 0.943. The summed E-state index contributed by atoms with van der Waals surface area (Å²) >= 11 is 3.47. The number of ether oxygens (including phenoxy) is 3. The molecule has 1 saturated heterocycles. The van der Waals surface area contributed by atoms with E-state index < -0.39 is 0 Å². The smallest absolute Gasteiger partial charge is 0.157 e. The van der Waals surface area contributed by atoms with Gasteiger partial charge < -0.3 is 14.2 Å². The molecule has 1 heterocycles. The van der Waals surface area contributed by atoms with Crippen molar-refractivity contribution in [2.24, 2.45) is 0 Å². The quantitative estimate of drug-likeness (QED) is 0.740. The van der Waals surface area contributed by atoms with Crippen LogP contribution in [0.25, 0.3) is 0 Å². The highest BCUT2D eigenvalue weighted by Crippen LogP contribution is 2.23. The fourth-order valence-electron chi connectivity index (χ4n) is 2.14. The Morgan fingerprint density at radius 3 is 2.95 bits per heavy atom. The molecule has 1 atom stereocenters. The topological polar surface area (TPSA) is 27.7 Å². The van der Waals surface area contributed by atoms with Crippen molar-refractivity contribution < 1.29 is 14.2 Å². The average Bonchev–Trinajstić information content (AvgIpc) is 2.46. The standard InChI is InChI=1S/C15H21BrO3/c1-2-12-11-13(16)6-7-14(12)17-9-10-19-15-5-3-4-8-18-15/h6-7,11,15H,2-5,8-10H2,1H3. The van der Waals surface area contributed by atoms with Crippen molar-refractivity contribution in [2.45, 2.75) is 38.9 Å². The molecule has 2 rings (SSSR count). The van der Waals surface area contributed by atoms with Gasteiger partial charge in [-0.05, 0) is 49.4 Å². The normalized spacial score (nSPS) is 19.4. The van der Waals surface area contributed by atoms with Gasteiger partial charge in [0.2, 0.25) is 0 Å². The first kappa shape index (κ1) is 14.8. The van der Waals surface area contributed by atoms with Crippen LogP contribution in [0, 0.1) is 0 Å². The zero-order valence-electron chi connectivity index (χ0n) is 11.4. The molecule has 0 saturated carbocycles. The fourth-order valence-corrected chi connectivity index (χ4v) is 2.55. The van der Waals surface area contributed by atoms with Gasteiger partial charge in [0.05, 0.1) is 6.61 Å². The number of hydrogen-bond acceptors (Lipinski definition) is 3. The summed E-state index contributed by atoms with van der Waals surface area (Å²) < 4.78 is 18.0. The monoisotopic (exact) mass is 328 g/mol. The molecule has 106 valence electrons. The highest BCUT2D eigenvalue weighted by atomic mass is 79.9. The van der Waals surface area contributed by atoms with Crippen molar-refractivity contribution in [1.29, 1.82) is 0 Å². The van der Waals surface area contributed by atoms with E-state index in [1.165, 1.54) is 12.0 Å². The van der Waals surface area contributed by atoms with E-state index in [9.17, 15) is 0 Å². The number of hydrogen-bond donors (Lipinski definition) is 0. The summed E-state index contributed by atoms with van der Waals surface area (Å²) in [5.41, 5.74) is 1.21. The third-order valence-electron chi connectivity index (χ3n) is 3.19. The minimum absolute atomic E-state index is 0.0343. The predicted molar refractivity (Wildman–Crippen MR) is 78.6 cm³/mol. The van der Waals surface area contributed by atoms with E-state index in [0.717, 1.165) is 36.1 Å². The van der Waals surface area contributed by atoms with Gasteiger partial charge in [-0.1, -0.05) is 22.9 Å². The van der Waals surface area contributed by atoms with Gasteiger partial charge in [0, 0.05) is 11.1 Å². The molecular weight excluding hydrogens is 308 g/mol. The molecule has 0 amide bonds. The van der Waals surface area contributed by atoms with Crippen LogP contribution in [-0.4, -0.2) is 26.1 Å². The molecule has 4 heteroatoms. The maximum Gasteiger partial charge on any atom is 0.157 e. The molecule has 0 spiro atoms. The van der Waals surface area contributed by atoms with Gasteiger partial charge in [0.1, 0.15) is 12.4 Å². The van der Waals surface area contributed by atoms with Crippen LogP contribution in [-0.2, 0) is 15.9 Å². The Morgan fingerprint density at radius 1 is 1.32 bits per heavy atom. The summed E-state index contributed by atoms with van der Waals surface area (Å²) in [6, 6.07) is 6.10. The molecule has 0 N–H and O–H groups in total. The summed E-state index contributed by atoms with van der Waals surface area (Å²) in [6.45, 7) is 4.08. The lowest BCUT2D eigenvalue weighted by molar-refractivity contribution is -0.165. The van der Waals surface area contributed by atoms with Gasteiger partial charge in [0.15, 0.2) is 6.29 Å². The molecule has 0 aromatic heterocycles. The highest BCUT2D eigenvalue weighted by molar-refractivity contribution is 9.10. The molecular formula is C15H21BrO3. The van der Waals surface area contributed by atoms with E-state index in [4.69, 9.17) is 14.2 Å². The molecule has 19 heavy (non-hydrogen) atoms. The van der Waals surface area contributed by atoms with Crippen LogP contribution in [0.15, 0.2) is 22.7 Å². The van der Waals surface area contributed by atoms with Crippen molar-refractivity contribution in [3.05, 3.63) is 28.2 Å². The number of aryl methyl sites for hydroxylation is 1. The predicted octanol–water partition coefficient (Wildman–Crippen LogP) is 3.93. The first-order valence-corrected chi connectivity index (χ1v) is 7.73. The molecule has 0 bridgehead atoms. The van der Waals surface area contributed by atoms with E-state index in [1.54, 1.807) is 0 Å². The van der Waals surface area contributed by atoms with Crippen molar-refractivity contribution >= 4 is 15.9 Å². The molecule has 1 aliphatic rings. The molecule has 1 aromatic rings. The van der Waals surface area contributed by atoms with Gasteiger partial charge in [0.25, 0.3) is 0 Å². The van der Waals surface area contributed by atoms with Crippen LogP contribution in [0.3, 0.4) is 0 Å². The lowest BCUT2D eigenvalue weighted by Crippen LogP contribution is -2.24. The Hall–Kier alpha value is -0.580.